The molecule has 0 aromatic heterocycles. The third kappa shape index (κ3) is 3.54. The highest BCUT2D eigenvalue weighted by atomic mass is 16.3. The number of rotatable bonds is 5. The van der Waals surface area contributed by atoms with Crippen LogP contribution < -0.4 is 0 Å². The van der Waals surface area contributed by atoms with E-state index in [0.717, 1.165) is 50.5 Å². The van der Waals surface area contributed by atoms with Gasteiger partial charge in [0.15, 0.2) is 5.78 Å². The summed E-state index contributed by atoms with van der Waals surface area (Å²) in [6.07, 6.45) is 8.48. The van der Waals surface area contributed by atoms with Crippen molar-refractivity contribution < 1.29 is 15.0 Å². The zero-order valence-electron chi connectivity index (χ0n) is 23.2. The number of aliphatic hydroxyl groups is 2. The van der Waals surface area contributed by atoms with Crippen molar-refractivity contribution in [2.45, 2.75) is 125 Å². The quantitative estimate of drug-likeness (QED) is 0.425. The highest BCUT2D eigenvalue weighted by Gasteiger charge is 2.65. The molecule has 3 nitrogen and oxygen atoms in total. The van der Waals surface area contributed by atoms with Crippen LogP contribution in [0.1, 0.15) is 113 Å². The molecule has 0 aromatic rings. The molecule has 0 bridgehead atoms. The molecule has 2 N–H and O–H groups in total. The molecule has 0 amide bonds. The van der Waals surface area contributed by atoms with Gasteiger partial charge in [-0.1, -0.05) is 53.7 Å². The van der Waals surface area contributed by atoms with Crippen LogP contribution in [0.25, 0.3) is 0 Å². The fraction of sp³-hybridized carbons (Fsp3) is 0.839. The molecular formula is C31H50O3. The van der Waals surface area contributed by atoms with Crippen LogP contribution in [0.5, 0.6) is 0 Å². The third-order valence-electron chi connectivity index (χ3n) is 12.1. The van der Waals surface area contributed by atoms with E-state index in [-0.39, 0.29) is 33.7 Å². The van der Waals surface area contributed by atoms with E-state index in [1.807, 2.05) is 13.8 Å². The molecule has 0 spiro atoms. The van der Waals surface area contributed by atoms with Crippen LogP contribution in [0.2, 0.25) is 0 Å². The van der Waals surface area contributed by atoms with Gasteiger partial charge in [-0.3, -0.25) is 4.79 Å². The Labute approximate surface area is 208 Å². The van der Waals surface area contributed by atoms with E-state index < -0.39 is 5.60 Å². The van der Waals surface area contributed by atoms with Gasteiger partial charge in [0.1, 0.15) is 0 Å². The minimum Gasteiger partial charge on any atom is -0.393 e. The monoisotopic (exact) mass is 470 g/mol. The summed E-state index contributed by atoms with van der Waals surface area (Å²) in [5.74, 6) is 1.73. The van der Waals surface area contributed by atoms with Crippen molar-refractivity contribution in [3.63, 3.8) is 0 Å². The SMILES string of the molecule is C=C(CC[C@@H](C)[C@H]1CC[C@@]2(C)C3=C(CC[C@]12C)[C@@]1(C)CC[C@H](O)C(C)(C)[C@H]1CC3=O)C(C)(C)O. The molecule has 4 rings (SSSR count). The number of aliphatic hydroxyl groups excluding tert-OH is 1. The van der Waals surface area contributed by atoms with Crippen LogP contribution >= 0.6 is 0 Å². The van der Waals surface area contributed by atoms with Gasteiger partial charge in [-0.2, -0.15) is 0 Å². The molecule has 4 aliphatic rings. The van der Waals surface area contributed by atoms with Gasteiger partial charge in [-0.05, 0) is 105 Å². The fourth-order valence-electron chi connectivity index (χ4n) is 9.21. The normalized spacial score (nSPS) is 42.6. The van der Waals surface area contributed by atoms with Gasteiger partial charge < -0.3 is 10.2 Å². The number of Topliss-reactive ketones (excluding diaryl/α,β-unsaturated/α-hetero) is 1. The van der Waals surface area contributed by atoms with Crippen LogP contribution in [0.3, 0.4) is 0 Å². The Balaban J connectivity index is 1.66. The second kappa shape index (κ2) is 8.04. The summed E-state index contributed by atoms with van der Waals surface area (Å²) in [5.41, 5.74) is 2.63. The van der Waals surface area contributed by atoms with E-state index in [1.165, 1.54) is 17.6 Å². The molecule has 2 fully saturated rings. The van der Waals surface area contributed by atoms with Crippen LogP contribution in [0, 0.1) is 39.4 Å². The van der Waals surface area contributed by atoms with Gasteiger partial charge in [0.05, 0.1) is 11.7 Å². The topological polar surface area (TPSA) is 57.5 Å². The van der Waals surface area contributed by atoms with Crippen molar-refractivity contribution in [3.8, 4) is 0 Å². The first-order chi connectivity index (χ1) is 15.5. The van der Waals surface area contributed by atoms with Gasteiger partial charge in [0, 0.05) is 17.4 Å². The van der Waals surface area contributed by atoms with Gasteiger partial charge in [0.2, 0.25) is 0 Å². The van der Waals surface area contributed by atoms with E-state index in [9.17, 15) is 15.0 Å². The highest BCUT2D eigenvalue weighted by molar-refractivity contribution is 5.99. The van der Waals surface area contributed by atoms with Gasteiger partial charge in [-0.15, -0.1) is 0 Å². The van der Waals surface area contributed by atoms with E-state index in [1.54, 1.807) is 0 Å². The second-order valence-electron chi connectivity index (χ2n) is 14.4. The number of fused-ring (bicyclic) bond motifs is 4. The molecule has 0 aromatic carbocycles. The second-order valence-corrected chi connectivity index (χ2v) is 14.4. The molecule has 0 aliphatic heterocycles. The van der Waals surface area contributed by atoms with Crippen LogP contribution in [0.15, 0.2) is 23.3 Å². The van der Waals surface area contributed by atoms with Crippen molar-refractivity contribution in [3.05, 3.63) is 23.3 Å². The summed E-state index contributed by atoms with van der Waals surface area (Å²) in [6.45, 7) is 21.9. The molecule has 0 saturated heterocycles. The lowest BCUT2D eigenvalue weighted by Gasteiger charge is -2.61. The number of hydrogen-bond acceptors (Lipinski definition) is 3. The first-order valence-corrected chi connectivity index (χ1v) is 13.9. The van der Waals surface area contributed by atoms with E-state index in [2.05, 4.69) is 48.1 Å². The van der Waals surface area contributed by atoms with Crippen molar-refractivity contribution in [1.29, 1.82) is 0 Å². The molecule has 3 heteroatoms. The Morgan fingerprint density at radius 2 is 1.76 bits per heavy atom. The van der Waals surface area contributed by atoms with Crippen LogP contribution in [-0.2, 0) is 4.79 Å². The lowest BCUT2D eigenvalue weighted by atomic mass is 9.43. The maximum Gasteiger partial charge on any atom is 0.159 e. The predicted octanol–water partition coefficient (Wildman–Crippen LogP) is 7.02. The van der Waals surface area contributed by atoms with Crippen LogP contribution in [0.4, 0.5) is 0 Å². The Morgan fingerprint density at radius 1 is 1.12 bits per heavy atom. The molecule has 2 saturated carbocycles. The minimum atomic E-state index is -0.819. The fourth-order valence-corrected chi connectivity index (χ4v) is 9.21. The van der Waals surface area contributed by atoms with Gasteiger partial charge >= 0.3 is 0 Å². The Kier molecular flexibility index (Phi) is 6.18. The third-order valence-corrected chi connectivity index (χ3v) is 12.1. The van der Waals surface area contributed by atoms with Gasteiger partial charge in [-0.25, -0.2) is 0 Å². The summed E-state index contributed by atoms with van der Waals surface area (Å²) < 4.78 is 0. The largest absolute Gasteiger partial charge is 0.393 e. The zero-order valence-corrected chi connectivity index (χ0v) is 23.2. The molecule has 0 unspecified atom stereocenters. The number of carbonyl (C=O) groups is 1. The molecule has 0 radical (unpaired) electrons. The first-order valence-electron chi connectivity index (χ1n) is 13.9. The Bertz CT molecular complexity index is 904. The zero-order chi connectivity index (χ0) is 25.5. The first kappa shape index (κ1) is 26.1. The van der Waals surface area contributed by atoms with Gasteiger partial charge in [0.25, 0.3) is 0 Å². The molecule has 4 aliphatic carbocycles. The van der Waals surface area contributed by atoms with E-state index in [0.29, 0.717) is 24.0 Å². The Morgan fingerprint density at radius 3 is 2.38 bits per heavy atom. The van der Waals surface area contributed by atoms with Crippen molar-refractivity contribution >= 4 is 5.78 Å². The maximum atomic E-state index is 13.9. The molecular weight excluding hydrogens is 420 g/mol. The number of hydrogen-bond donors (Lipinski definition) is 2. The van der Waals surface area contributed by atoms with Crippen molar-refractivity contribution in [2.24, 2.45) is 39.4 Å². The number of carbonyl (C=O) groups excluding carboxylic acids is 1. The smallest absolute Gasteiger partial charge is 0.159 e. The molecule has 34 heavy (non-hydrogen) atoms. The van der Waals surface area contributed by atoms with Crippen molar-refractivity contribution in [1.82, 2.24) is 0 Å². The predicted molar refractivity (Wildman–Crippen MR) is 139 cm³/mol. The summed E-state index contributed by atoms with van der Waals surface area (Å²) in [7, 11) is 0. The summed E-state index contributed by atoms with van der Waals surface area (Å²) in [4.78, 5) is 13.9. The maximum absolute atomic E-state index is 13.9. The number of allylic oxidation sites excluding steroid dienone is 2. The summed E-state index contributed by atoms with van der Waals surface area (Å²) in [6, 6.07) is 0. The lowest BCUT2D eigenvalue weighted by Crippen LogP contribution is -2.57. The van der Waals surface area contributed by atoms with E-state index in [4.69, 9.17) is 0 Å². The standard InChI is InChI=1S/C31H50O3/c1-19(10-11-20(2)28(5,6)34)21-12-17-31(9)26-22(13-16-30(21,31)8)29(7)15-14-25(33)27(3,4)24(29)18-23(26)32/h19,21,24-25,33-34H,2,10-18H2,1,3-9H3/t19-,21-,24-,25+,29-,30-,31+/m1/s1. The van der Waals surface area contributed by atoms with Crippen LogP contribution in [-0.4, -0.2) is 27.7 Å². The number of ketones is 1. The molecule has 0 heterocycles. The average Bonchev–Trinajstić information content (AvgIpc) is 3.01. The Hall–Kier alpha value is -0.930. The highest BCUT2D eigenvalue weighted by Crippen LogP contribution is 2.71. The van der Waals surface area contributed by atoms with Crippen molar-refractivity contribution in [2.75, 3.05) is 0 Å². The molecule has 7 atom stereocenters. The van der Waals surface area contributed by atoms with E-state index >= 15 is 0 Å². The lowest BCUT2D eigenvalue weighted by molar-refractivity contribution is -0.134. The average molecular weight is 471 g/mol. The summed E-state index contributed by atoms with van der Waals surface area (Å²) >= 11 is 0. The minimum absolute atomic E-state index is 0.0322. The summed E-state index contributed by atoms with van der Waals surface area (Å²) in [5, 5.41) is 21.1. The molecule has 192 valence electrons.